The van der Waals surface area contributed by atoms with Gasteiger partial charge in [0, 0.05) is 29.6 Å². The molecule has 0 unspecified atom stereocenters. The average molecular weight is 603 g/mol. The van der Waals surface area contributed by atoms with Crippen molar-refractivity contribution >= 4 is 34.4 Å². The van der Waals surface area contributed by atoms with E-state index in [1.165, 1.54) is 6.07 Å². The molecule has 2 N–H and O–H groups in total. The summed E-state index contributed by atoms with van der Waals surface area (Å²) < 4.78 is 7.17. The number of pyridine rings is 2. The first kappa shape index (κ1) is 30.4. The minimum Gasteiger partial charge on any atom is -0.457 e. The van der Waals surface area contributed by atoms with Gasteiger partial charge in [-0.25, -0.2) is 9.78 Å². The van der Waals surface area contributed by atoms with E-state index in [-0.39, 0.29) is 34.7 Å². The predicted octanol–water partition coefficient (Wildman–Crippen LogP) is 4.27. The monoisotopic (exact) mass is 602 g/mol. The Bertz CT molecular complexity index is 1780. The standard InChI is InChI=1S/C33H35ClN4O5/c1-5-20-21-11-8-10-14-27(21)36-29-23(20)18-38-28(29)17-25(33(42,6-2)32(41)35-15-16-37(3)4)24(30(38)39)19-43-31(40)22-12-7-9-13-26(22)34/h7-14,17,42H,5-6,15-16,18-19H2,1-4H3,(H,35,41)/t33-/m0/s1. The van der Waals surface area contributed by atoms with Crippen molar-refractivity contribution < 1.29 is 19.4 Å². The molecular weight excluding hydrogens is 568 g/mol. The van der Waals surface area contributed by atoms with Gasteiger partial charge in [-0.1, -0.05) is 55.8 Å². The number of nitrogens with one attached hydrogen (secondary N) is 1. The number of nitrogens with zero attached hydrogens (tertiary/aromatic N) is 3. The van der Waals surface area contributed by atoms with Crippen LogP contribution in [0.15, 0.2) is 59.4 Å². The molecule has 43 heavy (non-hydrogen) atoms. The van der Waals surface area contributed by atoms with Crippen LogP contribution in [0, 0.1) is 0 Å². The summed E-state index contributed by atoms with van der Waals surface area (Å²) in [4.78, 5) is 47.6. The Hall–Kier alpha value is -4.05. The predicted molar refractivity (Wildman–Crippen MR) is 166 cm³/mol. The third-order valence-corrected chi connectivity index (χ3v) is 8.37. The van der Waals surface area contributed by atoms with Crippen LogP contribution >= 0.6 is 11.6 Å². The maximum atomic E-state index is 14.2. The molecule has 0 aliphatic carbocycles. The van der Waals surface area contributed by atoms with Crippen molar-refractivity contribution in [3.63, 3.8) is 0 Å². The van der Waals surface area contributed by atoms with Crippen molar-refractivity contribution in [2.24, 2.45) is 0 Å². The van der Waals surface area contributed by atoms with Gasteiger partial charge in [0.15, 0.2) is 5.60 Å². The molecule has 0 spiro atoms. The molecule has 1 aliphatic rings. The van der Waals surface area contributed by atoms with Crippen molar-refractivity contribution in [1.29, 1.82) is 0 Å². The van der Waals surface area contributed by atoms with Crippen LogP contribution in [0.3, 0.4) is 0 Å². The molecule has 1 atom stereocenters. The number of esters is 1. The smallest absolute Gasteiger partial charge is 0.339 e. The number of para-hydroxylation sites is 1. The highest BCUT2D eigenvalue weighted by atomic mass is 35.5. The van der Waals surface area contributed by atoms with Crippen LogP contribution in [0.25, 0.3) is 22.3 Å². The number of aryl methyl sites for hydroxylation is 1. The Kier molecular flexibility index (Phi) is 8.69. The van der Waals surface area contributed by atoms with Crippen LogP contribution in [0.1, 0.15) is 52.9 Å². The number of hydrogen-bond acceptors (Lipinski definition) is 7. The van der Waals surface area contributed by atoms with Crippen LogP contribution in [0.4, 0.5) is 0 Å². The number of carbonyl (C=O) groups excluding carboxylic acids is 2. The van der Waals surface area contributed by atoms with Gasteiger partial charge in [0.05, 0.1) is 39.6 Å². The summed E-state index contributed by atoms with van der Waals surface area (Å²) in [5.74, 6) is -1.36. The lowest BCUT2D eigenvalue weighted by Crippen LogP contribution is -2.47. The van der Waals surface area contributed by atoms with Gasteiger partial charge >= 0.3 is 5.97 Å². The number of amides is 1. The maximum Gasteiger partial charge on any atom is 0.339 e. The van der Waals surface area contributed by atoms with E-state index in [0.29, 0.717) is 24.5 Å². The number of benzene rings is 2. The molecule has 0 radical (unpaired) electrons. The zero-order chi connectivity index (χ0) is 30.9. The van der Waals surface area contributed by atoms with Gasteiger partial charge in [-0.05, 0) is 56.8 Å². The molecule has 224 valence electrons. The molecule has 0 saturated carbocycles. The van der Waals surface area contributed by atoms with E-state index in [2.05, 4.69) is 12.2 Å². The zero-order valence-electron chi connectivity index (χ0n) is 24.7. The molecule has 0 bridgehead atoms. The number of ether oxygens (including phenoxy) is 1. The number of likely N-dealkylation sites (N-methyl/N-ethyl adjacent to an activating group) is 1. The van der Waals surface area contributed by atoms with Crippen LogP contribution in [0.2, 0.25) is 5.02 Å². The molecule has 0 saturated heterocycles. The van der Waals surface area contributed by atoms with Crippen LogP contribution in [0.5, 0.6) is 0 Å². The van der Waals surface area contributed by atoms with E-state index in [1.807, 2.05) is 43.3 Å². The lowest BCUT2D eigenvalue weighted by atomic mass is 9.86. The molecule has 5 rings (SSSR count). The van der Waals surface area contributed by atoms with Gasteiger partial charge in [-0.2, -0.15) is 0 Å². The first-order valence-electron chi connectivity index (χ1n) is 14.4. The van der Waals surface area contributed by atoms with Gasteiger partial charge in [0.2, 0.25) is 0 Å². The lowest BCUT2D eigenvalue weighted by Gasteiger charge is -2.29. The number of aromatic nitrogens is 2. The van der Waals surface area contributed by atoms with Gasteiger partial charge in [0.25, 0.3) is 11.5 Å². The summed E-state index contributed by atoms with van der Waals surface area (Å²) in [6.45, 7) is 4.40. The second-order valence-electron chi connectivity index (χ2n) is 10.9. The first-order chi connectivity index (χ1) is 20.6. The minimum atomic E-state index is -2.07. The van der Waals surface area contributed by atoms with Crippen molar-refractivity contribution in [2.45, 2.75) is 45.4 Å². The number of halogens is 1. The summed E-state index contributed by atoms with van der Waals surface area (Å²) in [7, 11) is 3.76. The zero-order valence-corrected chi connectivity index (χ0v) is 25.5. The highest BCUT2D eigenvalue weighted by Crippen LogP contribution is 2.38. The number of aliphatic hydroxyl groups is 1. The van der Waals surface area contributed by atoms with Crippen LogP contribution < -0.4 is 10.9 Å². The van der Waals surface area contributed by atoms with Crippen molar-refractivity contribution in [3.05, 3.63) is 97.8 Å². The minimum absolute atomic E-state index is 0.0201. The van der Waals surface area contributed by atoms with Crippen molar-refractivity contribution in [3.8, 4) is 11.4 Å². The number of carbonyl (C=O) groups is 2. The molecule has 2 aromatic carbocycles. The van der Waals surface area contributed by atoms with E-state index in [1.54, 1.807) is 35.8 Å². The van der Waals surface area contributed by atoms with Gasteiger partial charge < -0.3 is 24.6 Å². The Morgan fingerprint density at radius 2 is 1.84 bits per heavy atom. The molecule has 10 heteroatoms. The fourth-order valence-corrected chi connectivity index (χ4v) is 5.88. The van der Waals surface area contributed by atoms with E-state index in [4.69, 9.17) is 21.3 Å². The molecule has 4 aromatic rings. The van der Waals surface area contributed by atoms with Gasteiger partial charge in [-0.3, -0.25) is 9.59 Å². The fraction of sp³-hybridized carbons (Fsp3) is 0.333. The van der Waals surface area contributed by atoms with E-state index in [9.17, 15) is 19.5 Å². The third-order valence-electron chi connectivity index (χ3n) is 8.04. The van der Waals surface area contributed by atoms with Crippen molar-refractivity contribution in [2.75, 3.05) is 27.2 Å². The Morgan fingerprint density at radius 3 is 2.53 bits per heavy atom. The quantitative estimate of drug-likeness (QED) is 0.229. The highest BCUT2D eigenvalue weighted by molar-refractivity contribution is 6.33. The normalized spacial score (nSPS) is 13.5. The first-order valence-corrected chi connectivity index (χ1v) is 14.7. The lowest BCUT2D eigenvalue weighted by molar-refractivity contribution is -0.141. The maximum absolute atomic E-state index is 14.2. The third kappa shape index (κ3) is 5.56. The Labute approximate surface area is 255 Å². The number of rotatable bonds is 10. The van der Waals surface area contributed by atoms with Crippen LogP contribution in [-0.4, -0.2) is 58.6 Å². The Balaban J connectivity index is 1.65. The van der Waals surface area contributed by atoms with E-state index >= 15 is 0 Å². The summed E-state index contributed by atoms with van der Waals surface area (Å²) in [6, 6.07) is 15.9. The van der Waals surface area contributed by atoms with Gasteiger partial charge in [-0.15, -0.1) is 0 Å². The van der Waals surface area contributed by atoms with E-state index < -0.39 is 29.6 Å². The number of hydrogen-bond donors (Lipinski definition) is 2. The molecule has 9 nitrogen and oxygen atoms in total. The fourth-order valence-electron chi connectivity index (χ4n) is 5.67. The molecule has 0 fully saturated rings. The second-order valence-corrected chi connectivity index (χ2v) is 11.3. The summed E-state index contributed by atoms with van der Waals surface area (Å²) in [5, 5.41) is 16.0. The van der Waals surface area contributed by atoms with Crippen LogP contribution in [-0.2, 0) is 34.7 Å². The topological polar surface area (TPSA) is 114 Å². The average Bonchev–Trinajstić information content (AvgIpc) is 3.37. The van der Waals surface area contributed by atoms with Crippen molar-refractivity contribution in [1.82, 2.24) is 19.8 Å². The molecule has 2 aromatic heterocycles. The number of fused-ring (bicyclic) bond motifs is 4. The molecular formula is C33H35ClN4O5. The largest absolute Gasteiger partial charge is 0.457 e. The SMILES string of the molecule is CCc1c2c(nc3ccccc13)-c1cc([C@@](O)(CC)C(=O)NCCN(C)C)c(COC(=O)c3ccccc3Cl)c(=O)n1C2. The highest BCUT2D eigenvalue weighted by Gasteiger charge is 2.41. The molecule has 1 amide bonds. The molecule has 1 aliphatic heterocycles. The molecule has 3 heterocycles. The van der Waals surface area contributed by atoms with Gasteiger partial charge in [0.1, 0.15) is 6.61 Å². The summed E-state index contributed by atoms with van der Waals surface area (Å²) in [5.41, 5.74) is 1.67. The summed E-state index contributed by atoms with van der Waals surface area (Å²) >= 11 is 6.20. The summed E-state index contributed by atoms with van der Waals surface area (Å²) in [6.07, 6.45) is 0.712. The van der Waals surface area contributed by atoms with E-state index in [0.717, 1.165) is 28.5 Å². The second kappa shape index (κ2) is 12.3. The Morgan fingerprint density at radius 1 is 1.12 bits per heavy atom.